The van der Waals surface area contributed by atoms with Crippen LogP contribution in [0.5, 0.6) is 5.75 Å². The van der Waals surface area contributed by atoms with Gasteiger partial charge in [-0.3, -0.25) is 0 Å². The fraction of sp³-hybridized carbons (Fsp3) is 0.714. The lowest BCUT2D eigenvalue weighted by Gasteiger charge is -2.17. The van der Waals surface area contributed by atoms with Crippen molar-refractivity contribution in [1.29, 1.82) is 0 Å². The average Bonchev–Trinajstić information content (AvgIpc) is 3.38. The smallest absolute Gasteiger partial charge is 0.165 e. The number of aryl methyl sites for hydroxylation is 3. The molecule has 3 rings (SSSR count). The third-order valence-corrected chi connectivity index (χ3v) is 9.04. The Hall–Kier alpha value is -1.20. The summed E-state index contributed by atoms with van der Waals surface area (Å²) in [5, 5.41) is 2.25. The summed E-state index contributed by atoms with van der Waals surface area (Å²) in [6.07, 6.45) is 13.9. The minimum Gasteiger partial charge on any atom is -0.489 e. The highest BCUT2D eigenvalue weighted by Gasteiger charge is 2.22. The first kappa shape index (κ1) is 26.4. The van der Waals surface area contributed by atoms with E-state index >= 15 is 0 Å². The summed E-state index contributed by atoms with van der Waals surface area (Å²) < 4.78 is 9.10. The van der Waals surface area contributed by atoms with E-state index < -0.39 is 0 Å². The number of fused-ring (bicyclic) bond motifs is 2. The Morgan fingerprint density at radius 3 is 1.94 bits per heavy atom. The number of hydrogen-bond donors (Lipinski definition) is 0. The van der Waals surface area contributed by atoms with Crippen molar-refractivity contribution in [3.05, 3.63) is 15.6 Å². The van der Waals surface area contributed by atoms with Crippen molar-refractivity contribution in [2.75, 3.05) is 6.61 Å². The molecule has 0 amide bonds. The van der Waals surface area contributed by atoms with E-state index in [0.29, 0.717) is 5.92 Å². The molecular formula is C28H44N2OS2. The van der Waals surface area contributed by atoms with Gasteiger partial charge in [0.15, 0.2) is 5.75 Å². The number of benzene rings is 1. The lowest BCUT2D eigenvalue weighted by molar-refractivity contribution is 0.238. The van der Waals surface area contributed by atoms with Crippen LogP contribution in [-0.4, -0.2) is 16.6 Å². The fourth-order valence-corrected chi connectivity index (χ4v) is 6.80. The van der Waals surface area contributed by atoms with Crippen LogP contribution < -0.4 is 4.74 Å². The molecule has 0 N–H and O–H groups in total. The second-order valence-corrected chi connectivity index (χ2v) is 12.1. The van der Waals surface area contributed by atoms with Crippen molar-refractivity contribution in [3.8, 4) is 5.75 Å². The number of aromatic nitrogens is 2. The maximum absolute atomic E-state index is 6.58. The van der Waals surface area contributed by atoms with Gasteiger partial charge < -0.3 is 4.74 Å². The summed E-state index contributed by atoms with van der Waals surface area (Å²) >= 11 is 3.60. The molecule has 2 heterocycles. The average molecular weight is 489 g/mol. The van der Waals surface area contributed by atoms with Gasteiger partial charge in [-0.05, 0) is 50.5 Å². The molecule has 33 heavy (non-hydrogen) atoms. The number of thiazole rings is 2. The molecule has 2 atom stereocenters. The van der Waals surface area contributed by atoms with E-state index in [0.717, 1.165) is 40.2 Å². The SMILES string of the molecule is CCCCC(CC)CCCc1c2nc(C)sc2c(OCC(CC)CCCC)c2nc(C)sc12. The van der Waals surface area contributed by atoms with Crippen molar-refractivity contribution >= 4 is 43.1 Å². The zero-order chi connectivity index (χ0) is 23.8. The van der Waals surface area contributed by atoms with Gasteiger partial charge in [0.1, 0.15) is 5.52 Å². The standard InChI is InChI=1S/C28H44N2OS2/c1-7-11-14-21(9-3)16-13-17-23-24-28(33-19(5)29-24)26(25-27(23)32-20(6)30-25)31-18-22(10-4)15-12-8-2/h21-22H,7-18H2,1-6H3. The molecule has 0 radical (unpaired) electrons. The molecule has 0 aliphatic carbocycles. The first-order valence-corrected chi connectivity index (χ1v) is 15.0. The van der Waals surface area contributed by atoms with Gasteiger partial charge in [0, 0.05) is 0 Å². The van der Waals surface area contributed by atoms with Gasteiger partial charge in [0.25, 0.3) is 0 Å². The first-order valence-electron chi connectivity index (χ1n) is 13.3. The summed E-state index contributed by atoms with van der Waals surface area (Å²) in [5.74, 6) is 2.45. The van der Waals surface area contributed by atoms with E-state index in [2.05, 4.69) is 41.5 Å². The molecule has 3 nitrogen and oxygen atoms in total. The lowest BCUT2D eigenvalue weighted by atomic mass is 9.92. The highest BCUT2D eigenvalue weighted by atomic mass is 32.1. The monoisotopic (exact) mass is 488 g/mol. The summed E-state index contributed by atoms with van der Waals surface area (Å²) in [5.41, 5.74) is 3.66. The van der Waals surface area contributed by atoms with E-state index in [1.54, 1.807) is 11.3 Å². The Morgan fingerprint density at radius 2 is 1.30 bits per heavy atom. The molecule has 0 aliphatic rings. The zero-order valence-electron chi connectivity index (χ0n) is 21.8. The van der Waals surface area contributed by atoms with Gasteiger partial charge in [-0.25, -0.2) is 9.97 Å². The van der Waals surface area contributed by atoms with Crippen LogP contribution in [-0.2, 0) is 6.42 Å². The van der Waals surface area contributed by atoms with Crippen LogP contribution in [0.4, 0.5) is 0 Å². The number of ether oxygens (including phenoxy) is 1. The summed E-state index contributed by atoms with van der Waals surface area (Å²) in [6, 6.07) is 0. The van der Waals surface area contributed by atoms with E-state index in [-0.39, 0.29) is 0 Å². The van der Waals surface area contributed by atoms with E-state index in [4.69, 9.17) is 14.7 Å². The molecule has 3 aromatic rings. The van der Waals surface area contributed by atoms with Crippen molar-refractivity contribution < 1.29 is 4.74 Å². The molecule has 184 valence electrons. The number of hydrogen-bond acceptors (Lipinski definition) is 5. The number of nitrogens with zero attached hydrogens (tertiary/aromatic N) is 2. The van der Waals surface area contributed by atoms with Crippen LogP contribution in [0, 0.1) is 25.7 Å². The van der Waals surface area contributed by atoms with Gasteiger partial charge in [-0.2, -0.15) is 0 Å². The first-order chi connectivity index (χ1) is 16.0. The second-order valence-electron chi connectivity index (χ2n) is 9.67. The van der Waals surface area contributed by atoms with Crippen molar-refractivity contribution in [2.24, 2.45) is 11.8 Å². The van der Waals surface area contributed by atoms with Crippen LogP contribution in [0.3, 0.4) is 0 Å². The van der Waals surface area contributed by atoms with Crippen LogP contribution in [0.25, 0.3) is 20.4 Å². The van der Waals surface area contributed by atoms with Gasteiger partial charge >= 0.3 is 0 Å². The minimum atomic E-state index is 0.609. The minimum absolute atomic E-state index is 0.609. The van der Waals surface area contributed by atoms with Crippen molar-refractivity contribution in [2.45, 2.75) is 112 Å². The molecule has 0 saturated carbocycles. The predicted molar refractivity (Wildman–Crippen MR) is 147 cm³/mol. The summed E-state index contributed by atoms with van der Waals surface area (Å²) in [4.78, 5) is 9.99. The Labute approximate surface area is 209 Å². The van der Waals surface area contributed by atoms with Crippen molar-refractivity contribution in [3.63, 3.8) is 0 Å². The molecule has 0 fully saturated rings. The highest BCUT2D eigenvalue weighted by Crippen LogP contribution is 2.44. The largest absolute Gasteiger partial charge is 0.489 e. The zero-order valence-corrected chi connectivity index (χ0v) is 23.4. The Balaban J connectivity index is 1.90. The molecule has 0 saturated heterocycles. The predicted octanol–water partition coefficient (Wildman–Crippen LogP) is 9.66. The molecule has 2 aromatic heterocycles. The Kier molecular flexibility index (Phi) is 10.4. The van der Waals surface area contributed by atoms with Crippen LogP contribution in [0.2, 0.25) is 0 Å². The van der Waals surface area contributed by atoms with Gasteiger partial charge in [-0.15, -0.1) is 22.7 Å². The normalized spacial score (nSPS) is 13.8. The number of rotatable bonds is 15. The Bertz CT molecular complexity index is 949. The quantitative estimate of drug-likeness (QED) is 0.213. The molecule has 1 aromatic carbocycles. The molecule has 5 heteroatoms. The van der Waals surface area contributed by atoms with Crippen LogP contribution in [0.15, 0.2) is 0 Å². The van der Waals surface area contributed by atoms with E-state index in [1.807, 2.05) is 11.3 Å². The summed E-state index contributed by atoms with van der Waals surface area (Å²) in [7, 11) is 0. The summed E-state index contributed by atoms with van der Waals surface area (Å²) in [6.45, 7) is 14.2. The molecule has 2 unspecified atom stereocenters. The Morgan fingerprint density at radius 1 is 0.727 bits per heavy atom. The van der Waals surface area contributed by atoms with Crippen LogP contribution in [0.1, 0.15) is 107 Å². The number of unbranched alkanes of at least 4 members (excludes halogenated alkanes) is 2. The van der Waals surface area contributed by atoms with Crippen LogP contribution >= 0.6 is 22.7 Å². The van der Waals surface area contributed by atoms with Gasteiger partial charge in [0.2, 0.25) is 0 Å². The topological polar surface area (TPSA) is 35.0 Å². The van der Waals surface area contributed by atoms with E-state index in [9.17, 15) is 0 Å². The maximum Gasteiger partial charge on any atom is 0.165 e. The van der Waals surface area contributed by atoms with Crippen molar-refractivity contribution in [1.82, 2.24) is 9.97 Å². The maximum atomic E-state index is 6.58. The molecule has 0 spiro atoms. The fourth-order valence-electron chi connectivity index (χ4n) is 4.86. The van der Waals surface area contributed by atoms with Gasteiger partial charge in [-0.1, -0.05) is 79.1 Å². The van der Waals surface area contributed by atoms with Gasteiger partial charge in [0.05, 0.1) is 31.5 Å². The second kappa shape index (κ2) is 13.0. The third-order valence-electron chi connectivity index (χ3n) is 7.04. The molecular weight excluding hydrogens is 444 g/mol. The van der Waals surface area contributed by atoms with E-state index in [1.165, 1.54) is 84.7 Å². The molecule has 0 aliphatic heterocycles. The lowest BCUT2D eigenvalue weighted by Crippen LogP contribution is -2.11. The molecule has 0 bridgehead atoms. The third kappa shape index (κ3) is 6.69. The highest BCUT2D eigenvalue weighted by molar-refractivity contribution is 7.20.